The highest BCUT2D eigenvalue weighted by Crippen LogP contribution is 2.11. The molecule has 4 nitrogen and oxygen atoms in total. The number of nitrogens with one attached hydrogen (secondary N) is 2. The maximum absolute atomic E-state index is 11.9. The monoisotopic (exact) mass is 302 g/mol. The predicted octanol–water partition coefficient (Wildman–Crippen LogP) is 2.22. The van der Waals surface area contributed by atoms with Gasteiger partial charge in [0.1, 0.15) is 0 Å². The van der Waals surface area contributed by atoms with Crippen molar-refractivity contribution in [2.45, 2.75) is 31.3 Å². The first-order chi connectivity index (χ1) is 8.81. The second kappa shape index (κ2) is 7.05. The third kappa shape index (κ3) is 5.74. The highest BCUT2D eigenvalue weighted by molar-refractivity contribution is 7.89. The zero-order valence-electron chi connectivity index (χ0n) is 11.1. The summed E-state index contributed by atoms with van der Waals surface area (Å²) >= 11 is 5.54. The Bertz CT molecular complexity index is 524. The Balaban J connectivity index is 2.72. The maximum atomic E-state index is 11.9. The molecular weight excluding hydrogens is 284 g/mol. The highest BCUT2D eigenvalue weighted by Gasteiger charge is 2.13. The third-order valence-corrected chi connectivity index (χ3v) is 3.95. The standard InChI is InChI=1S/C13H19ClN2O2S/c1-10(2)15-9-12-4-6-13(7-5-12)19(17,18)16-8-11(3)14/h4-7,10,15-16H,3,8-9H2,1-2H3. The smallest absolute Gasteiger partial charge is 0.240 e. The van der Waals surface area contributed by atoms with Gasteiger partial charge in [-0.25, -0.2) is 13.1 Å². The Kier molecular flexibility index (Phi) is 6.00. The van der Waals surface area contributed by atoms with Crippen LogP contribution in [0.25, 0.3) is 0 Å². The molecule has 0 fully saturated rings. The Hall–Kier alpha value is -0.880. The van der Waals surface area contributed by atoms with E-state index in [0.717, 1.165) is 5.56 Å². The molecule has 0 aromatic heterocycles. The number of hydrogen-bond acceptors (Lipinski definition) is 3. The van der Waals surface area contributed by atoms with E-state index < -0.39 is 10.0 Å². The van der Waals surface area contributed by atoms with Gasteiger partial charge in [0, 0.05) is 24.2 Å². The molecule has 1 aromatic carbocycles. The van der Waals surface area contributed by atoms with Crippen LogP contribution in [-0.4, -0.2) is 21.0 Å². The largest absolute Gasteiger partial charge is 0.310 e. The molecule has 0 heterocycles. The Morgan fingerprint density at radius 3 is 2.37 bits per heavy atom. The zero-order valence-corrected chi connectivity index (χ0v) is 12.7. The van der Waals surface area contributed by atoms with Crippen LogP contribution in [0, 0.1) is 0 Å². The summed E-state index contributed by atoms with van der Waals surface area (Å²) in [5.74, 6) is 0. The van der Waals surface area contributed by atoms with E-state index in [1.807, 2.05) is 0 Å². The van der Waals surface area contributed by atoms with E-state index in [1.54, 1.807) is 24.3 Å². The molecule has 0 radical (unpaired) electrons. The fourth-order valence-corrected chi connectivity index (χ4v) is 2.54. The molecule has 0 aliphatic heterocycles. The van der Waals surface area contributed by atoms with Crippen LogP contribution in [-0.2, 0) is 16.6 Å². The maximum Gasteiger partial charge on any atom is 0.240 e. The summed E-state index contributed by atoms with van der Waals surface area (Å²) in [6, 6.07) is 7.13. The van der Waals surface area contributed by atoms with Crippen LogP contribution in [0.5, 0.6) is 0 Å². The molecule has 6 heteroatoms. The second-order valence-corrected chi connectivity index (χ2v) is 6.82. The molecule has 0 bridgehead atoms. The molecule has 1 rings (SSSR count). The van der Waals surface area contributed by atoms with Crippen molar-refractivity contribution >= 4 is 21.6 Å². The van der Waals surface area contributed by atoms with Crippen molar-refractivity contribution in [3.05, 3.63) is 41.4 Å². The molecule has 2 N–H and O–H groups in total. The number of halogens is 1. The first-order valence-corrected chi connectivity index (χ1v) is 7.82. The first-order valence-electron chi connectivity index (χ1n) is 5.96. The van der Waals surface area contributed by atoms with Gasteiger partial charge in [-0.2, -0.15) is 0 Å². The van der Waals surface area contributed by atoms with Gasteiger partial charge >= 0.3 is 0 Å². The van der Waals surface area contributed by atoms with E-state index >= 15 is 0 Å². The van der Waals surface area contributed by atoms with E-state index in [1.165, 1.54) is 0 Å². The second-order valence-electron chi connectivity index (χ2n) is 4.52. The van der Waals surface area contributed by atoms with E-state index in [9.17, 15) is 8.42 Å². The van der Waals surface area contributed by atoms with Crippen LogP contribution in [0.2, 0.25) is 0 Å². The topological polar surface area (TPSA) is 58.2 Å². The van der Waals surface area contributed by atoms with Crippen molar-refractivity contribution < 1.29 is 8.42 Å². The molecule has 0 atom stereocenters. The van der Waals surface area contributed by atoms with E-state index in [2.05, 4.69) is 30.5 Å². The van der Waals surface area contributed by atoms with Gasteiger partial charge in [0.2, 0.25) is 10.0 Å². The lowest BCUT2D eigenvalue weighted by Gasteiger charge is -2.09. The Morgan fingerprint density at radius 2 is 1.89 bits per heavy atom. The van der Waals surface area contributed by atoms with E-state index in [0.29, 0.717) is 12.6 Å². The molecule has 0 aliphatic rings. The number of rotatable bonds is 7. The summed E-state index contributed by atoms with van der Waals surface area (Å²) in [6.45, 7) is 8.29. The van der Waals surface area contributed by atoms with E-state index in [4.69, 9.17) is 11.6 Å². The fraction of sp³-hybridized carbons (Fsp3) is 0.385. The minimum absolute atomic E-state index is 0.0283. The van der Waals surface area contributed by atoms with Gasteiger partial charge in [0.05, 0.1) is 4.90 Å². The number of benzene rings is 1. The normalized spacial score (nSPS) is 11.8. The molecule has 0 amide bonds. The summed E-state index contributed by atoms with van der Waals surface area (Å²) in [4.78, 5) is 0.221. The van der Waals surface area contributed by atoms with Crippen LogP contribution in [0.4, 0.5) is 0 Å². The van der Waals surface area contributed by atoms with Crippen LogP contribution in [0.3, 0.4) is 0 Å². The fourth-order valence-electron chi connectivity index (χ4n) is 1.37. The zero-order chi connectivity index (χ0) is 14.5. The molecule has 1 aromatic rings. The van der Waals surface area contributed by atoms with E-state index in [-0.39, 0.29) is 16.5 Å². The van der Waals surface area contributed by atoms with Gasteiger partial charge in [-0.3, -0.25) is 0 Å². The lowest BCUT2D eigenvalue weighted by Crippen LogP contribution is -2.25. The van der Waals surface area contributed by atoms with Gasteiger partial charge in [-0.1, -0.05) is 44.2 Å². The number of sulfonamides is 1. The SMILES string of the molecule is C=C(Cl)CNS(=O)(=O)c1ccc(CNC(C)C)cc1. The van der Waals surface area contributed by atoms with Crippen molar-refractivity contribution in [3.63, 3.8) is 0 Å². The summed E-state index contributed by atoms with van der Waals surface area (Å²) in [6.07, 6.45) is 0. The lowest BCUT2D eigenvalue weighted by molar-refractivity contribution is 0.583. The van der Waals surface area contributed by atoms with Crippen molar-refractivity contribution in [1.29, 1.82) is 0 Å². The molecule has 0 unspecified atom stereocenters. The van der Waals surface area contributed by atoms with Gasteiger partial charge < -0.3 is 5.32 Å². The summed E-state index contributed by atoms with van der Waals surface area (Å²) < 4.78 is 26.1. The summed E-state index contributed by atoms with van der Waals surface area (Å²) in [5, 5.41) is 3.52. The highest BCUT2D eigenvalue weighted by atomic mass is 35.5. The Morgan fingerprint density at radius 1 is 1.32 bits per heavy atom. The molecule has 0 saturated heterocycles. The van der Waals surface area contributed by atoms with Crippen molar-refractivity contribution in [1.82, 2.24) is 10.0 Å². The van der Waals surface area contributed by atoms with Crippen LogP contribution < -0.4 is 10.0 Å². The quantitative estimate of drug-likeness (QED) is 0.812. The third-order valence-electron chi connectivity index (χ3n) is 2.40. The molecular formula is C13H19ClN2O2S. The van der Waals surface area contributed by atoms with Crippen molar-refractivity contribution in [3.8, 4) is 0 Å². The molecule has 106 valence electrons. The van der Waals surface area contributed by atoms with Gasteiger partial charge in [-0.15, -0.1) is 0 Å². The summed E-state index contributed by atoms with van der Waals surface area (Å²) in [5.41, 5.74) is 1.04. The van der Waals surface area contributed by atoms with Gasteiger partial charge in [-0.05, 0) is 17.7 Å². The van der Waals surface area contributed by atoms with Crippen LogP contribution in [0.1, 0.15) is 19.4 Å². The minimum Gasteiger partial charge on any atom is -0.310 e. The van der Waals surface area contributed by atoms with Crippen LogP contribution >= 0.6 is 11.6 Å². The predicted molar refractivity (Wildman–Crippen MR) is 78.6 cm³/mol. The minimum atomic E-state index is -3.52. The molecule has 0 aliphatic carbocycles. The number of hydrogen-bond donors (Lipinski definition) is 2. The molecule has 19 heavy (non-hydrogen) atoms. The summed E-state index contributed by atoms with van der Waals surface area (Å²) in [7, 11) is -3.52. The van der Waals surface area contributed by atoms with Crippen molar-refractivity contribution in [2.75, 3.05) is 6.54 Å². The van der Waals surface area contributed by atoms with Crippen molar-refractivity contribution in [2.24, 2.45) is 0 Å². The average Bonchev–Trinajstić information content (AvgIpc) is 2.34. The molecule has 0 spiro atoms. The Labute approximate surface area is 119 Å². The van der Waals surface area contributed by atoms with Crippen LogP contribution in [0.15, 0.2) is 40.8 Å². The lowest BCUT2D eigenvalue weighted by atomic mass is 10.2. The van der Waals surface area contributed by atoms with Gasteiger partial charge in [0.15, 0.2) is 0 Å². The molecule has 0 saturated carbocycles. The van der Waals surface area contributed by atoms with Gasteiger partial charge in [0.25, 0.3) is 0 Å². The average molecular weight is 303 g/mol. The first kappa shape index (κ1) is 16.2.